The molecule has 0 bridgehead atoms. The van der Waals surface area contributed by atoms with E-state index in [1.165, 1.54) is 15.4 Å². The van der Waals surface area contributed by atoms with Gasteiger partial charge in [0, 0.05) is 21.6 Å². The van der Waals surface area contributed by atoms with Gasteiger partial charge in [-0.15, -0.1) is 0 Å². The predicted octanol–water partition coefficient (Wildman–Crippen LogP) is 6.44. The number of halogens is 1. The molecule has 0 atom stereocenters. The minimum atomic E-state index is -1.73. The van der Waals surface area contributed by atoms with Gasteiger partial charge in [0.1, 0.15) is 5.75 Å². The van der Waals surface area contributed by atoms with Crippen molar-refractivity contribution in [2.24, 2.45) is 0 Å². The summed E-state index contributed by atoms with van der Waals surface area (Å²) in [5, 5.41) is 1.25. The van der Waals surface area contributed by atoms with Gasteiger partial charge in [0.25, 0.3) is 0 Å². The smallest absolute Gasteiger partial charge is 0.169 e. The molecule has 0 spiro atoms. The molecule has 0 aliphatic carbocycles. The first-order valence-electron chi connectivity index (χ1n) is 8.11. The van der Waals surface area contributed by atoms with E-state index in [1.54, 1.807) is 7.11 Å². The molecule has 2 nitrogen and oxygen atoms in total. The van der Waals surface area contributed by atoms with Crippen molar-refractivity contribution in [1.82, 2.24) is 4.23 Å². The third-order valence-corrected chi connectivity index (χ3v) is 12.5. The van der Waals surface area contributed by atoms with Crippen LogP contribution in [0.15, 0.2) is 28.9 Å². The van der Waals surface area contributed by atoms with Crippen LogP contribution in [0.3, 0.4) is 0 Å². The highest BCUT2D eigenvalue weighted by Crippen LogP contribution is 2.45. The average molecular weight is 382 g/mol. The fourth-order valence-corrected chi connectivity index (χ4v) is 11.8. The number of hydrogen-bond donors (Lipinski definition) is 0. The molecular formula is C18H28BrNOSi. The van der Waals surface area contributed by atoms with Gasteiger partial charge in [-0.05, 0) is 50.8 Å². The van der Waals surface area contributed by atoms with Gasteiger partial charge < -0.3 is 8.97 Å². The van der Waals surface area contributed by atoms with Crippen LogP contribution < -0.4 is 4.74 Å². The third-order valence-electron chi connectivity index (χ3n) is 5.15. The van der Waals surface area contributed by atoms with Gasteiger partial charge in [0.15, 0.2) is 8.24 Å². The summed E-state index contributed by atoms with van der Waals surface area (Å²) >= 11 is 3.77. The van der Waals surface area contributed by atoms with Gasteiger partial charge in [0.05, 0.1) is 7.11 Å². The van der Waals surface area contributed by atoms with Crippen LogP contribution in [0.5, 0.6) is 5.75 Å². The molecule has 0 N–H and O–H groups in total. The van der Waals surface area contributed by atoms with Gasteiger partial charge in [-0.2, -0.15) is 0 Å². The fraction of sp³-hybridized carbons (Fsp3) is 0.556. The molecule has 1 aromatic heterocycles. The van der Waals surface area contributed by atoms with Gasteiger partial charge >= 0.3 is 0 Å². The van der Waals surface area contributed by atoms with Crippen LogP contribution in [0.2, 0.25) is 16.6 Å². The van der Waals surface area contributed by atoms with Crippen LogP contribution in [0, 0.1) is 0 Å². The normalized spacial score (nSPS) is 12.9. The molecule has 1 heterocycles. The highest BCUT2D eigenvalue weighted by Gasteiger charge is 2.45. The molecule has 0 saturated carbocycles. The first-order valence-corrected chi connectivity index (χ1v) is 11.1. The molecule has 122 valence electrons. The number of nitrogens with zero attached hydrogens (tertiary/aromatic N) is 1. The highest BCUT2D eigenvalue weighted by atomic mass is 79.9. The number of fused-ring (bicyclic) bond motifs is 1. The Bertz CT molecular complexity index is 639. The molecule has 4 heteroatoms. The molecule has 0 amide bonds. The predicted molar refractivity (Wildman–Crippen MR) is 103 cm³/mol. The second kappa shape index (κ2) is 6.40. The Hall–Kier alpha value is -0.743. The van der Waals surface area contributed by atoms with Gasteiger partial charge in [-0.3, -0.25) is 0 Å². The Labute approximate surface area is 144 Å². The van der Waals surface area contributed by atoms with Crippen molar-refractivity contribution in [3.05, 3.63) is 28.9 Å². The molecular weight excluding hydrogens is 354 g/mol. The maximum absolute atomic E-state index is 5.40. The first kappa shape index (κ1) is 17.6. The number of methoxy groups -OCH3 is 1. The SMILES string of the molecule is COc1ccc2c(c1)c(Br)cn2[Si](C(C)C)(C(C)C)C(C)C. The molecule has 0 fully saturated rings. The van der Waals surface area contributed by atoms with Crippen LogP contribution in [-0.4, -0.2) is 19.6 Å². The third kappa shape index (κ3) is 2.54. The van der Waals surface area contributed by atoms with Crippen LogP contribution in [0.1, 0.15) is 41.5 Å². The summed E-state index contributed by atoms with van der Waals surface area (Å²) < 4.78 is 9.19. The summed E-state index contributed by atoms with van der Waals surface area (Å²) in [6.45, 7) is 14.4. The summed E-state index contributed by atoms with van der Waals surface area (Å²) in [5.41, 5.74) is 3.36. The molecule has 0 saturated heterocycles. The maximum Gasteiger partial charge on any atom is 0.169 e. The molecule has 2 aromatic rings. The topological polar surface area (TPSA) is 14.2 Å². The lowest BCUT2D eigenvalue weighted by atomic mass is 10.2. The zero-order chi connectivity index (χ0) is 16.7. The Balaban J connectivity index is 2.81. The lowest BCUT2D eigenvalue weighted by Crippen LogP contribution is -2.51. The monoisotopic (exact) mass is 381 g/mol. The molecule has 0 aliphatic heterocycles. The van der Waals surface area contributed by atoms with E-state index in [9.17, 15) is 0 Å². The van der Waals surface area contributed by atoms with E-state index < -0.39 is 8.24 Å². The van der Waals surface area contributed by atoms with Crippen molar-refractivity contribution in [3.8, 4) is 5.75 Å². The van der Waals surface area contributed by atoms with E-state index in [2.05, 4.69) is 86.1 Å². The quantitative estimate of drug-likeness (QED) is 0.543. The van der Waals surface area contributed by atoms with Crippen molar-refractivity contribution in [1.29, 1.82) is 0 Å². The molecule has 1 aromatic carbocycles. The zero-order valence-electron chi connectivity index (χ0n) is 14.8. The number of hydrogen-bond acceptors (Lipinski definition) is 1. The molecule has 0 radical (unpaired) electrons. The second-order valence-electron chi connectivity index (χ2n) is 7.08. The first-order chi connectivity index (χ1) is 10.3. The van der Waals surface area contributed by atoms with Crippen LogP contribution in [0.4, 0.5) is 0 Å². The summed E-state index contributed by atoms with van der Waals surface area (Å²) in [7, 11) is -0.00535. The summed E-state index contributed by atoms with van der Waals surface area (Å²) in [5.74, 6) is 0.914. The van der Waals surface area contributed by atoms with E-state index in [4.69, 9.17) is 4.74 Å². The number of benzene rings is 1. The van der Waals surface area contributed by atoms with E-state index in [1.807, 2.05) is 0 Å². The molecule has 22 heavy (non-hydrogen) atoms. The second-order valence-corrected chi connectivity index (χ2v) is 13.7. The lowest BCUT2D eigenvalue weighted by Gasteiger charge is -2.44. The molecule has 0 aliphatic rings. The lowest BCUT2D eigenvalue weighted by molar-refractivity contribution is 0.415. The van der Waals surface area contributed by atoms with Crippen LogP contribution in [0.25, 0.3) is 10.9 Å². The van der Waals surface area contributed by atoms with Crippen LogP contribution >= 0.6 is 15.9 Å². The average Bonchev–Trinajstić information content (AvgIpc) is 2.75. The van der Waals surface area contributed by atoms with Crippen LogP contribution in [-0.2, 0) is 0 Å². The van der Waals surface area contributed by atoms with Gasteiger partial charge in [0.2, 0.25) is 0 Å². The molecule has 2 rings (SSSR count). The maximum atomic E-state index is 5.40. The van der Waals surface area contributed by atoms with Gasteiger partial charge in [-0.25, -0.2) is 0 Å². The zero-order valence-corrected chi connectivity index (χ0v) is 17.4. The fourth-order valence-electron chi connectivity index (χ4n) is 4.45. The number of ether oxygens (including phenoxy) is 1. The van der Waals surface area contributed by atoms with E-state index in [0.717, 1.165) is 5.75 Å². The standard InChI is InChI=1S/C18H28BrNOSi/c1-12(2)22(13(3)4,14(5)6)20-11-17(19)16-10-15(21-7)8-9-18(16)20/h8-14H,1-7H3. The number of rotatable bonds is 5. The van der Waals surface area contributed by atoms with E-state index >= 15 is 0 Å². The number of aromatic nitrogens is 1. The summed E-state index contributed by atoms with van der Waals surface area (Å²) in [6, 6.07) is 6.43. The van der Waals surface area contributed by atoms with Crippen molar-refractivity contribution in [2.45, 2.75) is 58.2 Å². The van der Waals surface area contributed by atoms with Crippen molar-refractivity contribution < 1.29 is 4.74 Å². The Morgan fingerprint density at radius 3 is 2.00 bits per heavy atom. The van der Waals surface area contributed by atoms with Crippen molar-refractivity contribution in [2.75, 3.05) is 7.11 Å². The minimum Gasteiger partial charge on any atom is -0.497 e. The van der Waals surface area contributed by atoms with Crippen molar-refractivity contribution >= 4 is 35.1 Å². The highest BCUT2D eigenvalue weighted by molar-refractivity contribution is 9.10. The summed E-state index contributed by atoms with van der Waals surface area (Å²) in [4.78, 5) is 0. The van der Waals surface area contributed by atoms with Gasteiger partial charge in [-0.1, -0.05) is 41.5 Å². The summed E-state index contributed by atoms with van der Waals surface area (Å²) in [6.07, 6.45) is 2.32. The van der Waals surface area contributed by atoms with Crippen molar-refractivity contribution in [3.63, 3.8) is 0 Å². The Morgan fingerprint density at radius 1 is 1.00 bits per heavy atom. The largest absolute Gasteiger partial charge is 0.497 e. The molecule has 0 unspecified atom stereocenters. The Morgan fingerprint density at radius 2 is 1.55 bits per heavy atom. The Kier molecular flexibility index (Phi) is 5.12. The minimum absolute atomic E-state index is 0.678. The van der Waals surface area contributed by atoms with E-state index in [-0.39, 0.29) is 0 Å². The van der Waals surface area contributed by atoms with E-state index in [0.29, 0.717) is 16.6 Å².